The van der Waals surface area contributed by atoms with Crippen LogP contribution in [0.15, 0.2) is 30.3 Å². The monoisotopic (exact) mass is 422 g/mol. The van der Waals surface area contributed by atoms with Crippen LogP contribution in [0, 0.1) is 11.8 Å². The molecule has 7 heteroatoms. The van der Waals surface area contributed by atoms with Gasteiger partial charge < -0.3 is 20.9 Å². The fraction of sp³-hybridized carbons (Fsp3) is 0.636. The summed E-state index contributed by atoms with van der Waals surface area (Å²) in [5.74, 6) is 1.04. The summed E-state index contributed by atoms with van der Waals surface area (Å²) in [6.07, 6.45) is 2.46. The lowest BCUT2D eigenvalue weighted by Crippen LogP contribution is -2.47. The number of hydrogen-bond acceptors (Lipinski definition) is 3. The SMILES string of the molecule is CC(C)CNC(=O)N1CCCC(CC(=O)N2C[C@@H](N)[C@H](c3ccccc3)C2)C1.Cl. The zero-order valence-corrected chi connectivity index (χ0v) is 18.4. The molecule has 2 saturated heterocycles. The van der Waals surface area contributed by atoms with E-state index in [4.69, 9.17) is 5.73 Å². The standard InChI is InChI=1S/C22H34N4O2.ClH/c1-16(2)12-24-22(28)25-10-6-7-17(13-25)11-21(27)26-14-19(20(23)15-26)18-8-4-3-5-9-18;/h3-5,8-9,16-17,19-20H,6-7,10-15,23H2,1-2H3,(H,24,28);1H/t17?,19-,20+;/m0./s1. The van der Waals surface area contributed by atoms with Gasteiger partial charge in [0.1, 0.15) is 0 Å². The molecule has 0 aromatic heterocycles. The van der Waals surface area contributed by atoms with Crippen molar-refractivity contribution in [2.24, 2.45) is 17.6 Å². The number of hydrogen-bond donors (Lipinski definition) is 2. The average molecular weight is 423 g/mol. The predicted molar refractivity (Wildman–Crippen MR) is 118 cm³/mol. The molecule has 0 saturated carbocycles. The second-order valence-corrected chi connectivity index (χ2v) is 8.72. The molecule has 3 rings (SSSR count). The van der Waals surface area contributed by atoms with Crippen LogP contribution in [-0.2, 0) is 4.79 Å². The Morgan fingerprint density at radius 2 is 1.86 bits per heavy atom. The van der Waals surface area contributed by atoms with Gasteiger partial charge in [-0.15, -0.1) is 12.4 Å². The van der Waals surface area contributed by atoms with E-state index in [-0.39, 0.29) is 42.2 Å². The van der Waals surface area contributed by atoms with Gasteiger partial charge in [0.25, 0.3) is 0 Å². The first-order chi connectivity index (χ1) is 13.4. The van der Waals surface area contributed by atoms with E-state index in [0.717, 1.165) is 19.4 Å². The molecule has 3 N–H and O–H groups in total. The second-order valence-electron chi connectivity index (χ2n) is 8.72. The number of nitrogens with zero attached hydrogens (tertiary/aromatic N) is 2. The molecule has 2 fully saturated rings. The molecule has 2 aliphatic rings. The third kappa shape index (κ3) is 6.34. The largest absolute Gasteiger partial charge is 0.340 e. The highest BCUT2D eigenvalue weighted by atomic mass is 35.5. The number of halogens is 1. The first-order valence-electron chi connectivity index (χ1n) is 10.5. The third-order valence-corrected chi connectivity index (χ3v) is 5.88. The van der Waals surface area contributed by atoms with E-state index >= 15 is 0 Å². The Labute approximate surface area is 180 Å². The lowest BCUT2D eigenvalue weighted by Gasteiger charge is -2.33. The molecule has 3 amide bonds. The van der Waals surface area contributed by atoms with Crippen LogP contribution >= 0.6 is 12.4 Å². The van der Waals surface area contributed by atoms with Crippen molar-refractivity contribution in [2.75, 3.05) is 32.7 Å². The molecule has 1 unspecified atom stereocenters. The molecule has 1 aromatic rings. The first kappa shape index (κ1) is 23.5. The smallest absolute Gasteiger partial charge is 0.317 e. The topological polar surface area (TPSA) is 78.7 Å². The Morgan fingerprint density at radius 1 is 1.14 bits per heavy atom. The minimum absolute atomic E-state index is 0. The highest BCUT2D eigenvalue weighted by Crippen LogP contribution is 2.28. The Bertz CT molecular complexity index is 670. The van der Waals surface area contributed by atoms with Crippen molar-refractivity contribution in [3.8, 4) is 0 Å². The minimum Gasteiger partial charge on any atom is -0.340 e. The Morgan fingerprint density at radius 3 is 2.55 bits per heavy atom. The van der Waals surface area contributed by atoms with Crippen LogP contribution < -0.4 is 11.1 Å². The number of urea groups is 1. The Hall–Kier alpha value is -1.79. The molecular formula is C22H35ClN4O2. The van der Waals surface area contributed by atoms with Gasteiger partial charge in [0.05, 0.1) is 0 Å². The van der Waals surface area contributed by atoms with Crippen LogP contribution in [0.1, 0.15) is 44.6 Å². The number of amides is 3. The van der Waals surface area contributed by atoms with E-state index in [2.05, 4.69) is 31.3 Å². The van der Waals surface area contributed by atoms with Crippen molar-refractivity contribution in [1.82, 2.24) is 15.1 Å². The number of rotatable bonds is 5. The van der Waals surface area contributed by atoms with Gasteiger partial charge in [-0.2, -0.15) is 0 Å². The molecule has 1 aromatic carbocycles. The lowest BCUT2D eigenvalue weighted by atomic mass is 9.94. The molecule has 162 valence electrons. The number of nitrogens with two attached hydrogens (primary N) is 1. The van der Waals surface area contributed by atoms with Crippen molar-refractivity contribution in [1.29, 1.82) is 0 Å². The highest BCUT2D eigenvalue weighted by molar-refractivity contribution is 5.85. The van der Waals surface area contributed by atoms with E-state index in [1.54, 1.807) is 0 Å². The zero-order valence-electron chi connectivity index (χ0n) is 17.5. The molecule has 0 radical (unpaired) electrons. The van der Waals surface area contributed by atoms with Crippen molar-refractivity contribution < 1.29 is 9.59 Å². The fourth-order valence-electron chi connectivity index (χ4n) is 4.28. The lowest BCUT2D eigenvalue weighted by molar-refractivity contribution is -0.131. The van der Waals surface area contributed by atoms with E-state index in [1.165, 1.54) is 5.56 Å². The Balaban J connectivity index is 0.00000300. The number of carbonyl (C=O) groups excluding carboxylic acids is 2. The van der Waals surface area contributed by atoms with Crippen LogP contribution in [0.3, 0.4) is 0 Å². The van der Waals surface area contributed by atoms with Gasteiger partial charge in [0, 0.05) is 51.1 Å². The molecule has 6 nitrogen and oxygen atoms in total. The van der Waals surface area contributed by atoms with Gasteiger partial charge in [-0.05, 0) is 30.2 Å². The first-order valence-corrected chi connectivity index (χ1v) is 10.5. The minimum atomic E-state index is -0.0176. The second kappa shape index (κ2) is 10.8. The van der Waals surface area contributed by atoms with Crippen LogP contribution in [0.4, 0.5) is 4.79 Å². The van der Waals surface area contributed by atoms with Crippen LogP contribution in [0.2, 0.25) is 0 Å². The summed E-state index contributed by atoms with van der Waals surface area (Å²) in [6.45, 7) is 7.60. The van der Waals surface area contributed by atoms with Crippen LogP contribution in [0.25, 0.3) is 0 Å². The van der Waals surface area contributed by atoms with Crippen LogP contribution in [-0.4, -0.2) is 60.5 Å². The van der Waals surface area contributed by atoms with E-state index in [0.29, 0.717) is 38.5 Å². The normalized spacial score (nSPS) is 24.3. The maximum atomic E-state index is 12.9. The van der Waals surface area contributed by atoms with Gasteiger partial charge in [-0.1, -0.05) is 44.2 Å². The van der Waals surface area contributed by atoms with Crippen molar-refractivity contribution in [3.05, 3.63) is 35.9 Å². The van der Waals surface area contributed by atoms with Crippen molar-refractivity contribution >= 4 is 24.3 Å². The maximum Gasteiger partial charge on any atom is 0.317 e. The predicted octanol–water partition coefficient (Wildman–Crippen LogP) is 2.83. The summed E-state index contributed by atoms with van der Waals surface area (Å²) in [6, 6.07) is 10.2. The quantitative estimate of drug-likeness (QED) is 0.765. The summed E-state index contributed by atoms with van der Waals surface area (Å²) in [5.41, 5.74) is 7.54. The van der Waals surface area contributed by atoms with Gasteiger partial charge in [-0.25, -0.2) is 4.79 Å². The van der Waals surface area contributed by atoms with E-state index < -0.39 is 0 Å². The molecule has 0 aliphatic carbocycles. The molecule has 2 heterocycles. The summed E-state index contributed by atoms with van der Waals surface area (Å²) in [5, 5.41) is 2.99. The van der Waals surface area contributed by atoms with Crippen LogP contribution in [0.5, 0.6) is 0 Å². The summed E-state index contributed by atoms with van der Waals surface area (Å²) in [4.78, 5) is 29.0. The van der Waals surface area contributed by atoms with Gasteiger partial charge in [0.15, 0.2) is 0 Å². The molecule has 29 heavy (non-hydrogen) atoms. The van der Waals surface area contributed by atoms with Gasteiger partial charge >= 0.3 is 6.03 Å². The third-order valence-electron chi connectivity index (χ3n) is 5.88. The summed E-state index contributed by atoms with van der Waals surface area (Å²) in [7, 11) is 0. The zero-order chi connectivity index (χ0) is 20.1. The van der Waals surface area contributed by atoms with Gasteiger partial charge in [0.2, 0.25) is 5.91 Å². The average Bonchev–Trinajstić information content (AvgIpc) is 3.09. The number of carbonyl (C=O) groups is 2. The van der Waals surface area contributed by atoms with Crippen molar-refractivity contribution in [2.45, 2.75) is 45.1 Å². The molecule has 0 bridgehead atoms. The van der Waals surface area contributed by atoms with E-state index in [9.17, 15) is 9.59 Å². The highest BCUT2D eigenvalue weighted by Gasteiger charge is 2.35. The number of piperidine rings is 1. The molecule has 2 aliphatic heterocycles. The summed E-state index contributed by atoms with van der Waals surface area (Å²) >= 11 is 0. The number of likely N-dealkylation sites (tertiary alicyclic amines) is 2. The number of benzene rings is 1. The molecule has 3 atom stereocenters. The number of nitrogens with one attached hydrogen (secondary N) is 1. The molecule has 0 spiro atoms. The summed E-state index contributed by atoms with van der Waals surface area (Å²) < 4.78 is 0. The maximum absolute atomic E-state index is 12.9. The fourth-order valence-corrected chi connectivity index (χ4v) is 4.28. The van der Waals surface area contributed by atoms with Crippen molar-refractivity contribution in [3.63, 3.8) is 0 Å². The Kier molecular flexibility index (Phi) is 8.78. The van der Waals surface area contributed by atoms with Gasteiger partial charge in [-0.3, -0.25) is 4.79 Å². The molecular weight excluding hydrogens is 388 g/mol. The van der Waals surface area contributed by atoms with E-state index in [1.807, 2.05) is 28.0 Å².